The highest BCUT2D eigenvalue weighted by Gasteiger charge is 2.15. The number of hydrogen-bond acceptors (Lipinski definition) is 2. The van der Waals surface area contributed by atoms with Crippen LogP contribution in [-0.4, -0.2) is 9.97 Å². The van der Waals surface area contributed by atoms with Crippen molar-refractivity contribution in [2.45, 2.75) is 0 Å². The molecule has 0 spiro atoms. The Morgan fingerprint density at radius 1 is 0.724 bits per heavy atom. The van der Waals surface area contributed by atoms with E-state index >= 15 is 0 Å². The molecule has 2 nitrogen and oxygen atoms in total. The summed E-state index contributed by atoms with van der Waals surface area (Å²) in [6, 6.07) is 29.2. The Balaban J connectivity index is 1.62. The lowest BCUT2D eigenvalue weighted by Crippen LogP contribution is -1.87. The number of para-hydroxylation sites is 1. The fourth-order valence-electron chi connectivity index (χ4n) is 3.99. The molecule has 29 heavy (non-hydrogen) atoms. The van der Waals surface area contributed by atoms with E-state index in [-0.39, 0.29) is 0 Å². The monoisotopic (exact) mass is 410 g/mol. The second-order valence-corrected chi connectivity index (χ2v) is 8.50. The van der Waals surface area contributed by atoms with Crippen LogP contribution >= 0.6 is 22.9 Å². The zero-order valence-corrected chi connectivity index (χ0v) is 16.9. The molecule has 0 aliphatic rings. The zero-order valence-electron chi connectivity index (χ0n) is 15.3. The maximum Gasteiger partial charge on any atom is 0.130 e. The molecule has 0 saturated heterocycles. The highest BCUT2D eigenvalue weighted by molar-refractivity contribution is 7.27. The van der Waals surface area contributed by atoms with Gasteiger partial charge in [-0.15, -0.1) is 11.3 Å². The molecule has 6 rings (SSSR count). The van der Waals surface area contributed by atoms with E-state index in [2.05, 4.69) is 70.6 Å². The second-order valence-electron chi connectivity index (χ2n) is 7.09. The number of hydrogen-bond donors (Lipinski definition) is 1. The van der Waals surface area contributed by atoms with Crippen molar-refractivity contribution in [3.63, 3.8) is 0 Å². The van der Waals surface area contributed by atoms with E-state index in [1.807, 2.05) is 35.6 Å². The van der Waals surface area contributed by atoms with Gasteiger partial charge in [-0.1, -0.05) is 78.3 Å². The number of aromatic amines is 1. The van der Waals surface area contributed by atoms with Gasteiger partial charge in [-0.2, -0.15) is 0 Å². The van der Waals surface area contributed by atoms with Crippen molar-refractivity contribution in [2.75, 3.05) is 0 Å². The Labute approximate surface area is 176 Å². The average molecular weight is 411 g/mol. The van der Waals surface area contributed by atoms with Crippen LogP contribution in [0.2, 0.25) is 5.15 Å². The number of thiophene rings is 1. The van der Waals surface area contributed by atoms with Gasteiger partial charge in [0, 0.05) is 26.6 Å². The SMILES string of the molecule is Clc1cc(-c2ccccc2)cc(-c2cccc3c2sc2c4ccccc4[nH]c32)n1. The van der Waals surface area contributed by atoms with Gasteiger partial charge in [0.25, 0.3) is 0 Å². The summed E-state index contributed by atoms with van der Waals surface area (Å²) in [5.41, 5.74) is 6.59. The lowest BCUT2D eigenvalue weighted by atomic mass is 10.0. The number of aromatic nitrogens is 2. The van der Waals surface area contributed by atoms with Crippen LogP contribution in [0.15, 0.2) is 84.9 Å². The van der Waals surface area contributed by atoms with Crippen molar-refractivity contribution in [1.29, 1.82) is 0 Å². The molecule has 3 aromatic heterocycles. The van der Waals surface area contributed by atoms with Gasteiger partial charge in [-0.05, 0) is 29.3 Å². The van der Waals surface area contributed by atoms with Crippen molar-refractivity contribution in [3.05, 3.63) is 90.1 Å². The van der Waals surface area contributed by atoms with Crippen molar-refractivity contribution >= 4 is 54.1 Å². The van der Waals surface area contributed by atoms with Gasteiger partial charge >= 0.3 is 0 Å². The molecule has 3 heterocycles. The van der Waals surface area contributed by atoms with Crippen molar-refractivity contribution in [3.8, 4) is 22.4 Å². The Hall–Kier alpha value is -3.14. The van der Waals surface area contributed by atoms with Crippen LogP contribution in [0.25, 0.3) is 53.6 Å². The molecule has 0 aliphatic heterocycles. The molecule has 0 fully saturated rings. The van der Waals surface area contributed by atoms with Gasteiger partial charge in [0.15, 0.2) is 0 Å². The summed E-state index contributed by atoms with van der Waals surface area (Å²) in [7, 11) is 0. The Bertz CT molecular complexity index is 1510. The highest BCUT2D eigenvalue weighted by Crippen LogP contribution is 2.42. The minimum absolute atomic E-state index is 0.505. The number of H-pyrrole nitrogens is 1. The quantitative estimate of drug-likeness (QED) is 0.288. The van der Waals surface area contributed by atoms with E-state index in [1.54, 1.807) is 0 Å². The Kier molecular flexibility index (Phi) is 3.73. The summed E-state index contributed by atoms with van der Waals surface area (Å²) < 4.78 is 2.52. The zero-order chi connectivity index (χ0) is 19.4. The molecule has 0 bridgehead atoms. The summed E-state index contributed by atoms with van der Waals surface area (Å²) in [6.45, 7) is 0. The molecule has 0 aliphatic carbocycles. The predicted octanol–water partition coefficient (Wildman–Crippen LogP) is 7.92. The maximum atomic E-state index is 6.42. The minimum atomic E-state index is 0.505. The predicted molar refractivity (Wildman–Crippen MR) is 125 cm³/mol. The van der Waals surface area contributed by atoms with Crippen LogP contribution in [0, 0.1) is 0 Å². The fraction of sp³-hybridized carbons (Fsp3) is 0. The number of pyridine rings is 1. The summed E-state index contributed by atoms with van der Waals surface area (Å²) >= 11 is 8.24. The molecule has 4 heteroatoms. The number of nitrogens with zero attached hydrogens (tertiary/aromatic N) is 1. The minimum Gasteiger partial charge on any atom is -0.353 e. The third-order valence-electron chi connectivity index (χ3n) is 5.32. The first-order chi connectivity index (χ1) is 14.3. The van der Waals surface area contributed by atoms with Gasteiger partial charge in [0.2, 0.25) is 0 Å². The molecule has 1 N–H and O–H groups in total. The van der Waals surface area contributed by atoms with Crippen LogP contribution in [0.3, 0.4) is 0 Å². The Morgan fingerprint density at radius 2 is 1.52 bits per heavy atom. The Morgan fingerprint density at radius 3 is 2.41 bits per heavy atom. The van der Waals surface area contributed by atoms with Gasteiger partial charge in [-0.3, -0.25) is 0 Å². The average Bonchev–Trinajstić information content (AvgIpc) is 3.30. The van der Waals surface area contributed by atoms with E-state index in [1.165, 1.54) is 31.2 Å². The van der Waals surface area contributed by atoms with E-state index in [4.69, 9.17) is 11.6 Å². The van der Waals surface area contributed by atoms with Crippen LogP contribution in [0.1, 0.15) is 0 Å². The number of halogens is 1. The molecule has 0 saturated carbocycles. The van der Waals surface area contributed by atoms with Crippen molar-refractivity contribution in [2.24, 2.45) is 0 Å². The van der Waals surface area contributed by atoms with E-state index in [0.717, 1.165) is 22.4 Å². The van der Waals surface area contributed by atoms with Gasteiger partial charge in [0.05, 0.1) is 15.9 Å². The van der Waals surface area contributed by atoms with E-state index < -0.39 is 0 Å². The highest BCUT2D eigenvalue weighted by atomic mass is 35.5. The number of fused-ring (bicyclic) bond motifs is 5. The molecule has 138 valence electrons. The van der Waals surface area contributed by atoms with Crippen LogP contribution in [0.5, 0.6) is 0 Å². The lowest BCUT2D eigenvalue weighted by molar-refractivity contribution is 1.33. The summed E-state index contributed by atoms with van der Waals surface area (Å²) in [4.78, 5) is 8.25. The normalized spacial score (nSPS) is 11.6. The summed E-state index contributed by atoms with van der Waals surface area (Å²) in [5, 5.41) is 2.99. The van der Waals surface area contributed by atoms with E-state index in [0.29, 0.717) is 5.15 Å². The standard InChI is InChI=1S/C25H15ClN2S/c26-22-14-16(15-7-2-1-3-8-15)13-21(27-22)18-10-6-11-19-23-25(29-24(18)19)17-9-4-5-12-20(17)28-23/h1-14,28H. The third kappa shape index (κ3) is 2.66. The smallest absolute Gasteiger partial charge is 0.130 e. The first-order valence-corrected chi connectivity index (χ1v) is 10.6. The maximum absolute atomic E-state index is 6.42. The van der Waals surface area contributed by atoms with Crippen LogP contribution in [-0.2, 0) is 0 Å². The van der Waals surface area contributed by atoms with E-state index in [9.17, 15) is 0 Å². The van der Waals surface area contributed by atoms with Crippen molar-refractivity contribution in [1.82, 2.24) is 9.97 Å². The molecule has 0 radical (unpaired) electrons. The first kappa shape index (κ1) is 16.8. The largest absolute Gasteiger partial charge is 0.353 e. The topological polar surface area (TPSA) is 28.7 Å². The molecular weight excluding hydrogens is 396 g/mol. The number of benzene rings is 3. The van der Waals surface area contributed by atoms with Gasteiger partial charge in [0.1, 0.15) is 5.15 Å². The van der Waals surface area contributed by atoms with Crippen LogP contribution < -0.4 is 0 Å². The molecule has 6 aromatic rings. The lowest BCUT2D eigenvalue weighted by Gasteiger charge is -2.08. The van der Waals surface area contributed by atoms with Gasteiger partial charge in [-0.25, -0.2) is 4.98 Å². The number of rotatable bonds is 2. The molecule has 0 unspecified atom stereocenters. The summed E-state index contributed by atoms with van der Waals surface area (Å²) in [6.07, 6.45) is 0. The molecule has 0 atom stereocenters. The molecule has 3 aromatic carbocycles. The second kappa shape index (κ2) is 6.45. The van der Waals surface area contributed by atoms with Crippen molar-refractivity contribution < 1.29 is 0 Å². The number of nitrogens with one attached hydrogen (secondary N) is 1. The molecule has 0 amide bonds. The fourth-order valence-corrected chi connectivity index (χ4v) is 5.52. The summed E-state index contributed by atoms with van der Waals surface area (Å²) in [5.74, 6) is 0. The first-order valence-electron chi connectivity index (χ1n) is 9.43. The van der Waals surface area contributed by atoms with Gasteiger partial charge < -0.3 is 4.98 Å². The third-order valence-corrected chi connectivity index (χ3v) is 6.79. The molecular formula is C25H15ClN2S. The van der Waals surface area contributed by atoms with Crippen LogP contribution in [0.4, 0.5) is 0 Å².